The van der Waals surface area contributed by atoms with Crippen LogP contribution in [0.1, 0.15) is 39.5 Å². The lowest BCUT2D eigenvalue weighted by Gasteiger charge is -2.37. The van der Waals surface area contributed by atoms with Crippen LogP contribution in [0.3, 0.4) is 0 Å². The Morgan fingerprint density at radius 3 is 2.88 bits per heavy atom. The van der Waals surface area contributed by atoms with Gasteiger partial charge in [0.15, 0.2) is 5.78 Å². The Kier molecular flexibility index (Phi) is 4.35. The van der Waals surface area contributed by atoms with Gasteiger partial charge in [-0.15, -0.1) is 6.58 Å². The summed E-state index contributed by atoms with van der Waals surface area (Å²) in [5, 5.41) is 3.51. The number of Topliss-reactive ketones (excluding diaryl/α,β-unsaturated/α-hetero) is 1. The minimum Gasteiger partial charge on any atom is -0.501 e. The normalized spacial score (nSPS) is 24.0. The van der Waals surface area contributed by atoms with Crippen molar-refractivity contribution in [2.24, 2.45) is 5.41 Å². The number of allylic oxidation sites excluding steroid dienone is 9. The highest BCUT2D eigenvalue weighted by Crippen LogP contribution is 2.49. The summed E-state index contributed by atoms with van der Waals surface area (Å²) in [6, 6.07) is 0. The third-order valence-electron chi connectivity index (χ3n) is 5.10. The maximum Gasteiger partial charge on any atom is 0.191 e. The van der Waals surface area contributed by atoms with Crippen LogP contribution in [0.5, 0.6) is 0 Å². The van der Waals surface area contributed by atoms with Crippen molar-refractivity contribution in [3.63, 3.8) is 0 Å². The fourth-order valence-corrected chi connectivity index (χ4v) is 3.78. The van der Waals surface area contributed by atoms with E-state index >= 15 is 0 Å². The molecule has 0 aromatic carbocycles. The molecule has 0 radical (unpaired) electrons. The van der Waals surface area contributed by atoms with Crippen LogP contribution < -0.4 is 5.32 Å². The van der Waals surface area contributed by atoms with Crippen molar-refractivity contribution in [2.75, 3.05) is 7.11 Å². The molecule has 0 atom stereocenters. The number of hydrogen-bond acceptors (Lipinski definition) is 3. The molecule has 3 heteroatoms. The fourth-order valence-electron chi connectivity index (χ4n) is 3.78. The fraction of sp³-hybridized carbons (Fsp3) is 0.381. The number of nitrogens with one attached hydrogen (secondary N) is 1. The smallest absolute Gasteiger partial charge is 0.191 e. The van der Waals surface area contributed by atoms with Crippen molar-refractivity contribution >= 4 is 5.78 Å². The van der Waals surface area contributed by atoms with Crippen molar-refractivity contribution in [2.45, 2.75) is 39.5 Å². The van der Waals surface area contributed by atoms with Gasteiger partial charge in [0.1, 0.15) is 0 Å². The van der Waals surface area contributed by atoms with Crippen LogP contribution in [0.2, 0.25) is 0 Å². The predicted molar refractivity (Wildman–Crippen MR) is 97.0 cm³/mol. The number of ether oxygens (including phenoxy) is 1. The largest absolute Gasteiger partial charge is 0.501 e. The first-order valence-corrected chi connectivity index (χ1v) is 8.49. The van der Waals surface area contributed by atoms with Crippen LogP contribution in [0.15, 0.2) is 70.8 Å². The van der Waals surface area contributed by atoms with E-state index in [4.69, 9.17) is 4.74 Å². The molecular formula is C21H25NO2. The number of carbonyl (C=O) groups excluding carboxylic acids is 1. The van der Waals surface area contributed by atoms with E-state index in [0.29, 0.717) is 6.42 Å². The summed E-state index contributed by atoms with van der Waals surface area (Å²) in [6.07, 6.45) is 13.2. The van der Waals surface area contributed by atoms with Crippen molar-refractivity contribution in [3.05, 3.63) is 70.8 Å². The molecule has 3 rings (SSSR count). The summed E-state index contributed by atoms with van der Waals surface area (Å²) in [6.45, 7) is 8.13. The predicted octanol–water partition coefficient (Wildman–Crippen LogP) is 4.48. The topological polar surface area (TPSA) is 38.3 Å². The molecule has 0 aromatic heterocycles. The Labute approximate surface area is 144 Å². The minimum atomic E-state index is -0.144. The Morgan fingerprint density at radius 2 is 2.17 bits per heavy atom. The van der Waals surface area contributed by atoms with E-state index in [9.17, 15) is 4.79 Å². The Bertz CT molecular complexity index is 742. The highest BCUT2D eigenvalue weighted by atomic mass is 16.5. The third kappa shape index (κ3) is 2.68. The molecule has 1 heterocycles. The van der Waals surface area contributed by atoms with E-state index in [-0.39, 0.29) is 11.2 Å². The third-order valence-corrected chi connectivity index (χ3v) is 5.10. The molecule has 0 bridgehead atoms. The van der Waals surface area contributed by atoms with Crippen LogP contribution in [-0.2, 0) is 9.53 Å². The minimum absolute atomic E-state index is 0.144. The summed E-state index contributed by atoms with van der Waals surface area (Å²) >= 11 is 0. The molecule has 0 amide bonds. The van der Waals surface area contributed by atoms with Crippen molar-refractivity contribution in [3.8, 4) is 0 Å². The van der Waals surface area contributed by atoms with Gasteiger partial charge in [-0.3, -0.25) is 4.79 Å². The molecule has 3 nitrogen and oxygen atoms in total. The number of ketones is 1. The van der Waals surface area contributed by atoms with E-state index in [0.717, 1.165) is 47.6 Å². The van der Waals surface area contributed by atoms with Crippen molar-refractivity contribution in [1.82, 2.24) is 5.32 Å². The Balaban J connectivity index is 1.92. The SMILES string of the molecule is C=CC/C=C\C=C1/CC2=C(N1)C(C)(C)C1=C(C=C(OC)CC1)C2=O. The number of carbonyl (C=O) groups is 1. The maximum atomic E-state index is 13.0. The van der Waals surface area contributed by atoms with E-state index in [1.54, 1.807) is 7.11 Å². The molecule has 0 spiro atoms. The van der Waals surface area contributed by atoms with Gasteiger partial charge in [0, 0.05) is 40.8 Å². The average Bonchev–Trinajstić information content (AvgIpc) is 3.02. The van der Waals surface area contributed by atoms with Gasteiger partial charge in [0.2, 0.25) is 0 Å². The van der Waals surface area contributed by atoms with Crippen molar-refractivity contribution in [1.29, 1.82) is 0 Å². The molecule has 2 aliphatic carbocycles. The zero-order valence-corrected chi connectivity index (χ0v) is 14.7. The molecule has 1 aliphatic heterocycles. The zero-order chi connectivity index (χ0) is 17.3. The van der Waals surface area contributed by atoms with Crippen LogP contribution in [0.25, 0.3) is 0 Å². The molecular weight excluding hydrogens is 298 g/mol. The van der Waals surface area contributed by atoms with Gasteiger partial charge < -0.3 is 10.1 Å². The molecule has 24 heavy (non-hydrogen) atoms. The quantitative estimate of drug-likeness (QED) is 0.775. The summed E-state index contributed by atoms with van der Waals surface area (Å²) in [7, 11) is 1.67. The first-order chi connectivity index (χ1) is 11.5. The summed E-state index contributed by atoms with van der Waals surface area (Å²) in [5.41, 5.74) is 4.97. The lowest BCUT2D eigenvalue weighted by Crippen LogP contribution is -2.33. The average molecular weight is 323 g/mol. The highest BCUT2D eigenvalue weighted by Gasteiger charge is 2.43. The van der Waals surface area contributed by atoms with Crippen LogP contribution in [-0.4, -0.2) is 12.9 Å². The van der Waals surface area contributed by atoms with Crippen LogP contribution >= 0.6 is 0 Å². The summed E-state index contributed by atoms with van der Waals surface area (Å²) in [5.74, 6) is 1.05. The molecule has 0 saturated heterocycles. The van der Waals surface area contributed by atoms with Crippen molar-refractivity contribution < 1.29 is 9.53 Å². The van der Waals surface area contributed by atoms with E-state index in [1.165, 1.54) is 5.57 Å². The van der Waals surface area contributed by atoms with E-state index in [1.807, 2.05) is 18.2 Å². The summed E-state index contributed by atoms with van der Waals surface area (Å²) in [4.78, 5) is 13.0. The van der Waals surface area contributed by atoms with Crippen LogP contribution in [0, 0.1) is 5.41 Å². The second-order valence-electron chi connectivity index (χ2n) is 6.96. The van der Waals surface area contributed by atoms with Gasteiger partial charge in [0.25, 0.3) is 0 Å². The lowest BCUT2D eigenvalue weighted by atomic mass is 9.68. The van der Waals surface area contributed by atoms with E-state index in [2.05, 4.69) is 37.9 Å². The first kappa shape index (κ1) is 16.6. The van der Waals surface area contributed by atoms with E-state index < -0.39 is 0 Å². The maximum absolute atomic E-state index is 13.0. The molecule has 0 saturated carbocycles. The molecule has 0 unspecified atom stereocenters. The molecule has 0 aromatic rings. The van der Waals surface area contributed by atoms with Crippen LogP contribution in [0.4, 0.5) is 0 Å². The highest BCUT2D eigenvalue weighted by molar-refractivity contribution is 6.13. The van der Waals surface area contributed by atoms with Gasteiger partial charge in [-0.1, -0.05) is 32.1 Å². The number of methoxy groups -OCH3 is 1. The second-order valence-corrected chi connectivity index (χ2v) is 6.96. The lowest BCUT2D eigenvalue weighted by molar-refractivity contribution is -0.112. The van der Waals surface area contributed by atoms with Gasteiger partial charge >= 0.3 is 0 Å². The zero-order valence-electron chi connectivity index (χ0n) is 14.7. The Hall–Kier alpha value is -2.29. The number of rotatable bonds is 4. The monoisotopic (exact) mass is 323 g/mol. The molecule has 3 aliphatic rings. The first-order valence-electron chi connectivity index (χ1n) is 8.49. The molecule has 0 fully saturated rings. The standard InChI is InChI=1S/C21H25NO2/c1-5-6-7-8-9-14-12-17-19(23)16-13-15(24-4)10-11-18(16)21(2,3)20(17)22-14/h5,7-9,13,22H,1,6,10-12H2,2-4H3/b8-7-,14-9+. The summed E-state index contributed by atoms with van der Waals surface area (Å²) < 4.78 is 5.38. The Morgan fingerprint density at radius 1 is 1.38 bits per heavy atom. The second kappa shape index (κ2) is 6.31. The van der Waals surface area contributed by atoms with Gasteiger partial charge in [-0.25, -0.2) is 0 Å². The van der Waals surface area contributed by atoms with Gasteiger partial charge in [-0.2, -0.15) is 0 Å². The number of hydrogen-bond donors (Lipinski definition) is 1. The van der Waals surface area contributed by atoms with Gasteiger partial charge in [-0.05, 0) is 30.6 Å². The molecule has 126 valence electrons. The van der Waals surface area contributed by atoms with Gasteiger partial charge in [0.05, 0.1) is 12.9 Å². The molecule has 1 N–H and O–H groups in total.